The minimum absolute atomic E-state index is 0.250. The Morgan fingerprint density at radius 2 is 1.85 bits per heavy atom. The van der Waals surface area contributed by atoms with Crippen LogP contribution in [0, 0.1) is 11.8 Å². The van der Waals surface area contributed by atoms with Crippen LogP contribution in [-0.4, -0.2) is 22.2 Å². The number of hydrogen-bond acceptors (Lipinski definition) is 2. The summed E-state index contributed by atoms with van der Waals surface area (Å²) in [5.41, 5.74) is 0. The van der Waals surface area contributed by atoms with E-state index >= 15 is 0 Å². The third-order valence-corrected chi connectivity index (χ3v) is 2.31. The summed E-state index contributed by atoms with van der Waals surface area (Å²) in [5.74, 6) is -3.95. The van der Waals surface area contributed by atoms with Crippen LogP contribution < -0.4 is 0 Å². The van der Waals surface area contributed by atoms with Crippen LogP contribution >= 0.6 is 0 Å². The molecule has 0 saturated heterocycles. The molecule has 0 heterocycles. The van der Waals surface area contributed by atoms with Gasteiger partial charge in [0.25, 0.3) is 0 Å². The van der Waals surface area contributed by atoms with Gasteiger partial charge in [0, 0.05) is 0 Å². The maximum Gasteiger partial charge on any atom is 0.318 e. The van der Waals surface area contributed by atoms with Crippen molar-refractivity contribution in [2.24, 2.45) is 11.8 Å². The summed E-state index contributed by atoms with van der Waals surface area (Å²) < 4.78 is 0. The second-order valence-corrected chi connectivity index (χ2v) is 3.20. The van der Waals surface area contributed by atoms with Gasteiger partial charge >= 0.3 is 11.9 Å². The molecule has 0 spiro atoms. The summed E-state index contributed by atoms with van der Waals surface area (Å²) in [6.45, 7) is 0. The van der Waals surface area contributed by atoms with Crippen LogP contribution in [0.4, 0.5) is 0 Å². The van der Waals surface area contributed by atoms with Crippen molar-refractivity contribution in [3.63, 3.8) is 0 Å². The van der Waals surface area contributed by atoms with Crippen molar-refractivity contribution in [2.45, 2.75) is 19.3 Å². The lowest BCUT2D eigenvalue weighted by Gasteiger charge is -2.21. The van der Waals surface area contributed by atoms with E-state index in [9.17, 15) is 9.59 Å². The zero-order valence-corrected chi connectivity index (χ0v) is 7.14. The van der Waals surface area contributed by atoms with Crippen LogP contribution in [0.15, 0.2) is 12.2 Å². The molecule has 1 unspecified atom stereocenters. The van der Waals surface area contributed by atoms with Gasteiger partial charge in [-0.3, -0.25) is 9.59 Å². The van der Waals surface area contributed by atoms with Gasteiger partial charge < -0.3 is 10.2 Å². The molecule has 0 aromatic rings. The van der Waals surface area contributed by atoms with Gasteiger partial charge in [0.15, 0.2) is 5.92 Å². The Bertz CT molecular complexity index is 230. The van der Waals surface area contributed by atoms with Crippen molar-refractivity contribution in [3.05, 3.63) is 12.2 Å². The van der Waals surface area contributed by atoms with Gasteiger partial charge in [0.2, 0.25) is 0 Å². The van der Waals surface area contributed by atoms with Gasteiger partial charge in [0.1, 0.15) is 0 Å². The highest BCUT2D eigenvalue weighted by atomic mass is 16.4. The molecule has 72 valence electrons. The summed E-state index contributed by atoms with van der Waals surface area (Å²) >= 11 is 0. The molecule has 2 N–H and O–H groups in total. The van der Waals surface area contributed by atoms with Gasteiger partial charge in [-0.05, 0) is 25.2 Å². The summed E-state index contributed by atoms with van der Waals surface area (Å²) in [5, 5.41) is 17.4. The molecule has 13 heavy (non-hydrogen) atoms. The molecule has 0 aromatic heterocycles. The van der Waals surface area contributed by atoms with Gasteiger partial charge in [-0.1, -0.05) is 12.2 Å². The normalized spacial score (nSPS) is 21.8. The predicted octanol–water partition coefficient (Wildman–Crippen LogP) is 1.13. The molecule has 0 fully saturated rings. The van der Waals surface area contributed by atoms with Gasteiger partial charge in [-0.25, -0.2) is 0 Å². The van der Waals surface area contributed by atoms with E-state index in [1.807, 2.05) is 12.2 Å². The fourth-order valence-corrected chi connectivity index (χ4v) is 1.63. The van der Waals surface area contributed by atoms with Crippen molar-refractivity contribution in [3.8, 4) is 0 Å². The molecule has 0 radical (unpaired) electrons. The smallest absolute Gasteiger partial charge is 0.318 e. The Balaban J connectivity index is 2.69. The average Bonchev–Trinajstić information content (AvgIpc) is 2.04. The molecule has 4 nitrogen and oxygen atoms in total. The van der Waals surface area contributed by atoms with Crippen molar-refractivity contribution in [1.82, 2.24) is 0 Å². The number of carbonyl (C=O) groups is 2. The zero-order valence-electron chi connectivity index (χ0n) is 7.14. The van der Waals surface area contributed by atoms with E-state index < -0.39 is 17.9 Å². The summed E-state index contributed by atoms with van der Waals surface area (Å²) in [7, 11) is 0. The third kappa shape index (κ3) is 2.31. The molecule has 1 rings (SSSR count). The number of allylic oxidation sites excluding steroid dienone is 2. The summed E-state index contributed by atoms with van der Waals surface area (Å²) in [4.78, 5) is 21.3. The molecule has 4 heteroatoms. The van der Waals surface area contributed by atoms with E-state index in [4.69, 9.17) is 10.2 Å². The van der Waals surface area contributed by atoms with E-state index in [0.717, 1.165) is 6.42 Å². The molecule has 1 aliphatic rings. The van der Waals surface area contributed by atoms with Crippen LogP contribution in [0.3, 0.4) is 0 Å². The Morgan fingerprint density at radius 1 is 1.23 bits per heavy atom. The second kappa shape index (κ2) is 4.07. The number of carboxylic acid groups (broad SMARTS) is 2. The first-order valence-corrected chi connectivity index (χ1v) is 4.23. The molecule has 0 amide bonds. The minimum atomic E-state index is -1.25. The largest absolute Gasteiger partial charge is 0.481 e. The summed E-state index contributed by atoms with van der Waals surface area (Å²) in [6, 6.07) is 0. The molecule has 1 aliphatic carbocycles. The Morgan fingerprint density at radius 3 is 2.23 bits per heavy atom. The quantitative estimate of drug-likeness (QED) is 0.509. The van der Waals surface area contributed by atoms with Crippen molar-refractivity contribution in [1.29, 1.82) is 0 Å². The summed E-state index contributed by atoms with van der Waals surface area (Å²) in [6.07, 6.45) is 5.80. The average molecular weight is 184 g/mol. The highest BCUT2D eigenvalue weighted by Gasteiger charge is 2.34. The van der Waals surface area contributed by atoms with Gasteiger partial charge in [-0.2, -0.15) is 0 Å². The third-order valence-electron chi connectivity index (χ3n) is 2.31. The molecule has 0 aromatic carbocycles. The first kappa shape index (κ1) is 9.77. The number of rotatable bonds is 3. The van der Waals surface area contributed by atoms with Crippen LogP contribution in [0.1, 0.15) is 19.3 Å². The fraction of sp³-hybridized carbons (Fsp3) is 0.556. The Hall–Kier alpha value is -1.32. The zero-order chi connectivity index (χ0) is 9.84. The van der Waals surface area contributed by atoms with Crippen LogP contribution in [0.2, 0.25) is 0 Å². The van der Waals surface area contributed by atoms with Gasteiger partial charge in [0.05, 0.1) is 0 Å². The highest BCUT2D eigenvalue weighted by Crippen LogP contribution is 2.26. The van der Waals surface area contributed by atoms with Crippen molar-refractivity contribution in [2.75, 3.05) is 0 Å². The first-order chi connectivity index (χ1) is 6.13. The lowest BCUT2D eigenvalue weighted by atomic mass is 9.83. The van der Waals surface area contributed by atoms with E-state index in [1.54, 1.807) is 0 Å². The Kier molecular flexibility index (Phi) is 3.06. The van der Waals surface area contributed by atoms with Crippen LogP contribution in [0.25, 0.3) is 0 Å². The van der Waals surface area contributed by atoms with E-state index in [-0.39, 0.29) is 5.92 Å². The SMILES string of the molecule is O=C(O)C(C(=O)O)C1CC=CCC1. The maximum atomic E-state index is 10.6. The topological polar surface area (TPSA) is 74.6 Å². The molecule has 0 bridgehead atoms. The fourth-order valence-electron chi connectivity index (χ4n) is 1.63. The van der Waals surface area contributed by atoms with E-state index in [1.165, 1.54) is 0 Å². The molecule has 0 saturated carbocycles. The van der Waals surface area contributed by atoms with E-state index in [0.29, 0.717) is 12.8 Å². The number of carboxylic acids is 2. The van der Waals surface area contributed by atoms with E-state index in [2.05, 4.69) is 0 Å². The first-order valence-electron chi connectivity index (χ1n) is 4.23. The van der Waals surface area contributed by atoms with Gasteiger partial charge in [-0.15, -0.1) is 0 Å². The number of hydrogen-bond donors (Lipinski definition) is 2. The molecular weight excluding hydrogens is 172 g/mol. The standard InChI is InChI=1S/C9H12O4/c10-8(11)7(9(12)13)6-4-2-1-3-5-6/h1-2,6-7H,3-5H2,(H,10,11)(H,12,13). The van der Waals surface area contributed by atoms with Crippen LogP contribution in [0.5, 0.6) is 0 Å². The van der Waals surface area contributed by atoms with Crippen molar-refractivity contribution >= 4 is 11.9 Å². The maximum absolute atomic E-state index is 10.6. The molecular formula is C9H12O4. The monoisotopic (exact) mass is 184 g/mol. The number of aliphatic carboxylic acids is 2. The lowest BCUT2D eigenvalue weighted by molar-refractivity contribution is -0.157. The van der Waals surface area contributed by atoms with Crippen LogP contribution in [-0.2, 0) is 9.59 Å². The Labute approximate surface area is 75.9 Å². The highest BCUT2D eigenvalue weighted by molar-refractivity contribution is 5.93. The lowest BCUT2D eigenvalue weighted by Crippen LogP contribution is -2.31. The minimum Gasteiger partial charge on any atom is -0.481 e. The molecule has 1 atom stereocenters. The second-order valence-electron chi connectivity index (χ2n) is 3.20. The van der Waals surface area contributed by atoms with Crippen molar-refractivity contribution < 1.29 is 19.8 Å². The predicted molar refractivity (Wildman–Crippen MR) is 45.2 cm³/mol. The molecule has 0 aliphatic heterocycles.